The lowest BCUT2D eigenvalue weighted by atomic mass is 9.46. The number of hydrogen-bond acceptors (Lipinski definition) is 3. The van der Waals surface area contributed by atoms with Gasteiger partial charge in [0.1, 0.15) is 0 Å². The smallest absolute Gasteiger partial charge is 0.258 e. The van der Waals surface area contributed by atoms with Gasteiger partial charge in [0.05, 0.1) is 6.61 Å². The first-order valence-corrected chi connectivity index (χ1v) is 6.95. The van der Waals surface area contributed by atoms with Crippen LogP contribution in [0.15, 0.2) is 0 Å². The second kappa shape index (κ2) is 3.43. The van der Waals surface area contributed by atoms with Gasteiger partial charge in [0.25, 0.3) is 0 Å². The highest BCUT2D eigenvalue weighted by molar-refractivity contribution is 7.84. The van der Waals surface area contributed by atoms with Crippen LogP contribution in [-0.2, 0) is 14.5 Å². The van der Waals surface area contributed by atoms with Crippen LogP contribution >= 0.6 is 0 Å². The summed E-state index contributed by atoms with van der Waals surface area (Å²) < 4.78 is 26.1. The molecule has 88 valence electrons. The van der Waals surface area contributed by atoms with Crippen molar-refractivity contribution in [2.45, 2.75) is 33.1 Å². The molecule has 15 heavy (non-hydrogen) atoms. The topological polar surface area (TPSA) is 69.4 Å². The summed E-state index contributed by atoms with van der Waals surface area (Å²) in [6.45, 7) is 4.81. The Morgan fingerprint density at radius 2 is 2.07 bits per heavy atom. The summed E-state index contributed by atoms with van der Waals surface area (Å²) in [7, 11) is -3.77. The molecule has 0 spiro atoms. The molecular formula is C10H19NO3S. The van der Waals surface area contributed by atoms with Crippen molar-refractivity contribution in [3.8, 4) is 0 Å². The van der Waals surface area contributed by atoms with Gasteiger partial charge in [-0.2, -0.15) is 8.42 Å². The molecule has 0 aromatic carbocycles. The van der Waals surface area contributed by atoms with Crippen LogP contribution < -0.4 is 5.14 Å². The van der Waals surface area contributed by atoms with Crippen molar-refractivity contribution in [3.05, 3.63) is 0 Å². The third-order valence-corrected chi connectivity index (χ3v) is 4.91. The monoisotopic (exact) mass is 233 g/mol. The van der Waals surface area contributed by atoms with Gasteiger partial charge in [-0.1, -0.05) is 13.8 Å². The number of nitrogens with two attached hydrogens (primary N) is 1. The Bertz CT molecular complexity index is 348. The summed E-state index contributed by atoms with van der Waals surface area (Å²) in [6.07, 6.45) is 3.50. The Morgan fingerprint density at radius 1 is 1.40 bits per heavy atom. The van der Waals surface area contributed by atoms with Crippen molar-refractivity contribution >= 4 is 10.3 Å². The minimum Gasteiger partial charge on any atom is -0.258 e. The van der Waals surface area contributed by atoms with Crippen LogP contribution in [-0.4, -0.2) is 15.0 Å². The summed E-state index contributed by atoms with van der Waals surface area (Å²) in [6, 6.07) is 0. The maximum atomic E-state index is 10.7. The van der Waals surface area contributed by atoms with Crippen LogP contribution in [0, 0.1) is 23.2 Å². The Labute approximate surface area is 91.4 Å². The van der Waals surface area contributed by atoms with E-state index < -0.39 is 10.3 Å². The van der Waals surface area contributed by atoms with Gasteiger partial charge in [0, 0.05) is 0 Å². The SMILES string of the molecule is CC1(C)[C@H]2CC[C@@H](COS(N)(=O)=O)[C@@H]1C2. The molecule has 0 unspecified atom stereocenters. The molecule has 0 aromatic heterocycles. The summed E-state index contributed by atoms with van der Waals surface area (Å²) in [5, 5.41) is 4.83. The zero-order valence-electron chi connectivity index (χ0n) is 9.27. The Kier molecular flexibility index (Phi) is 2.60. The first-order valence-electron chi connectivity index (χ1n) is 5.48. The van der Waals surface area contributed by atoms with E-state index in [1.165, 1.54) is 12.8 Å². The van der Waals surface area contributed by atoms with Crippen molar-refractivity contribution in [1.82, 2.24) is 0 Å². The fourth-order valence-corrected chi connectivity index (χ4v) is 3.71. The predicted octanol–water partition coefficient (Wildman–Crippen LogP) is 1.28. The molecule has 2 N–H and O–H groups in total. The van der Waals surface area contributed by atoms with E-state index in [2.05, 4.69) is 13.8 Å². The summed E-state index contributed by atoms with van der Waals surface area (Å²) in [4.78, 5) is 0. The van der Waals surface area contributed by atoms with Crippen LogP contribution in [0.3, 0.4) is 0 Å². The average molecular weight is 233 g/mol. The molecule has 3 atom stereocenters. The lowest BCUT2D eigenvalue weighted by Gasteiger charge is -2.60. The Hall–Kier alpha value is -0.130. The highest BCUT2D eigenvalue weighted by Crippen LogP contribution is 2.61. The molecule has 3 fully saturated rings. The lowest BCUT2D eigenvalue weighted by Crippen LogP contribution is -2.53. The van der Waals surface area contributed by atoms with E-state index in [9.17, 15) is 8.42 Å². The molecule has 0 aliphatic heterocycles. The molecule has 3 aliphatic carbocycles. The first kappa shape index (κ1) is 11.4. The van der Waals surface area contributed by atoms with E-state index >= 15 is 0 Å². The van der Waals surface area contributed by atoms with Gasteiger partial charge in [-0.15, -0.1) is 0 Å². The highest BCUT2D eigenvalue weighted by atomic mass is 32.2. The van der Waals surface area contributed by atoms with Crippen molar-refractivity contribution in [2.24, 2.45) is 28.3 Å². The van der Waals surface area contributed by atoms with Crippen LogP contribution in [0.4, 0.5) is 0 Å². The van der Waals surface area contributed by atoms with Gasteiger partial charge >= 0.3 is 10.3 Å². The lowest BCUT2D eigenvalue weighted by molar-refractivity contribution is -0.113. The van der Waals surface area contributed by atoms with Crippen molar-refractivity contribution in [1.29, 1.82) is 0 Å². The summed E-state index contributed by atoms with van der Waals surface area (Å²) in [5.41, 5.74) is 0.366. The van der Waals surface area contributed by atoms with E-state index in [-0.39, 0.29) is 6.61 Å². The van der Waals surface area contributed by atoms with Crippen molar-refractivity contribution in [3.63, 3.8) is 0 Å². The van der Waals surface area contributed by atoms with Crippen LogP contribution in [0.5, 0.6) is 0 Å². The van der Waals surface area contributed by atoms with Crippen molar-refractivity contribution < 1.29 is 12.6 Å². The fraction of sp³-hybridized carbons (Fsp3) is 1.00. The van der Waals surface area contributed by atoms with Crippen LogP contribution in [0.1, 0.15) is 33.1 Å². The quantitative estimate of drug-likeness (QED) is 0.798. The average Bonchev–Trinajstić information content (AvgIpc) is 2.13. The number of fused-ring (bicyclic) bond motifs is 2. The minimum atomic E-state index is -3.77. The number of rotatable bonds is 3. The van der Waals surface area contributed by atoms with Gasteiger partial charge < -0.3 is 0 Å². The molecule has 0 aromatic rings. The van der Waals surface area contributed by atoms with Gasteiger partial charge in [-0.05, 0) is 42.4 Å². The van der Waals surface area contributed by atoms with E-state index in [0.29, 0.717) is 17.3 Å². The summed E-state index contributed by atoms with van der Waals surface area (Å²) >= 11 is 0. The molecule has 3 rings (SSSR count). The van der Waals surface area contributed by atoms with E-state index in [1.807, 2.05) is 0 Å². The standard InChI is InChI=1S/C10H19NO3S/c1-10(2)8-4-3-7(9(10)5-8)6-14-15(11,12)13/h7-9H,3-6H2,1-2H3,(H2,11,12,13)/t7-,8-,9-/m0/s1. The van der Waals surface area contributed by atoms with E-state index in [4.69, 9.17) is 9.32 Å². The maximum absolute atomic E-state index is 10.7. The maximum Gasteiger partial charge on any atom is 0.333 e. The summed E-state index contributed by atoms with van der Waals surface area (Å²) in [5.74, 6) is 1.80. The second-order valence-electron chi connectivity index (χ2n) is 5.48. The largest absolute Gasteiger partial charge is 0.333 e. The Balaban J connectivity index is 1.94. The van der Waals surface area contributed by atoms with E-state index in [1.54, 1.807) is 0 Å². The highest BCUT2D eigenvalue weighted by Gasteiger charge is 2.54. The molecule has 3 aliphatic rings. The molecule has 0 saturated heterocycles. The molecule has 0 radical (unpaired) electrons. The minimum absolute atomic E-state index is 0.264. The molecule has 4 nitrogen and oxygen atoms in total. The zero-order valence-corrected chi connectivity index (χ0v) is 10.1. The zero-order chi connectivity index (χ0) is 11.3. The molecular weight excluding hydrogens is 214 g/mol. The molecule has 0 heterocycles. The second-order valence-corrected chi connectivity index (χ2v) is 6.70. The number of hydrogen-bond donors (Lipinski definition) is 1. The Morgan fingerprint density at radius 3 is 2.53 bits per heavy atom. The molecule has 3 saturated carbocycles. The van der Waals surface area contributed by atoms with Gasteiger partial charge in [-0.25, -0.2) is 5.14 Å². The van der Waals surface area contributed by atoms with Crippen molar-refractivity contribution in [2.75, 3.05) is 6.61 Å². The third kappa shape index (κ3) is 2.05. The molecule has 5 heteroatoms. The molecule has 2 bridgehead atoms. The van der Waals surface area contributed by atoms with Gasteiger partial charge in [0.15, 0.2) is 0 Å². The molecule has 0 amide bonds. The van der Waals surface area contributed by atoms with Crippen LogP contribution in [0.25, 0.3) is 0 Å². The van der Waals surface area contributed by atoms with Crippen LogP contribution in [0.2, 0.25) is 0 Å². The van der Waals surface area contributed by atoms with Gasteiger partial charge in [-0.3, -0.25) is 4.18 Å². The first-order chi connectivity index (χ1) is 6.81. The van der Waals surface area contributed by atoms with E-state index in [0.717, 1.165) is 12.3 Å². The normalized spacial score (nSPS) is 38.5. The third-order valence-electron chi connectivity index (χ3n) is 4.45. The fourth-order valence-electron chi connectivity index (χ4n) is 3.34. The predicted molar refractivity (Wildman–Crippen MR) is 57.2 cm³/mol. The van der Waals surface area contributed by atoms with Gasteiger partial charge in [0.2, 0.25) is 0 Å².